The number of carbonyl (C=O) groups excluding carboxylic acids is 2. The third-order valence-corrected chi connectivity index (χ3v) is 12.7. The molecule has 0 radical (unpaired) electrons. The second kappa shape index (κ2) is 13.1. The molecule has 246 valence electrons. The fourth-order valence-corrected chi connectivity index (χ4v) is 8.43. The number of pyridine rings is 1. The molecule has 3 aromatic heterocycles. The van der Waals surface area contributed by atoms with E-state index in [4.69, 9.17) is 9.72 Å². The maximum absolute atomic E-state index is 13.9. The predicted molar refractivity (Wildman–Crippen MR) is 187 cm³/mol. The summed E-state index contributed by atoms with van der Waals surface area (Å²) < 4.78 is 8.82. The third-order valence-electron chi connectivity index (χ3n) is 9.67. The second-order valence-electron chi connectivity index (χ2n) is 14.8. The molecule has 4 aromatic rings. The first kappa shape index (κ1) is 32.7. The van der Waals surface area contributed by atoms with Gasteiger partial charge < -0.3 is 19.9 Å². The Balaban J connectivity index is 1.20. The fraction of sp³-hybridized carbons (Fsp3) is 0.559. The minimum atomic E-state index is -1.22. The molecule has 1 N–H and O–H groups in total. The van der Waals surface area contributed by atoms with Crippen molar-refractivity contribution in [3.8, 4) is 0 Å². The first-order valence-corrected chi connectivity index (χ1v) is 21.0. The largest absolute Gasteiger partial charge is 0.360 e. The first-order chi connectivity index (χ1) is 21.9. The summed E-state index contributed by atoms with van der Waals surface area (Å²) in [6.45, 7) is 15.0. The van der Waals surface area contributed by atoms with Gasteiger partial charge in [0.1, 0.15) is 6.73 Å². The van der Waals surface area contributed by atoms with Crippen LogP contribution in [-0.2, 0) is 26.5 Å². The van der Waals surface area contributed by atoms with Gasteiger partial charge in [-0.25, -0.2) is 9.67 Å². The average molecular weight is 662 g/mol. The maximum atomic E-state index is 13.9. The van der Waals surface area contributed by atoms with Gasteiger partial charge in [0.25, 0.3) is 0 Å². The summed E-state index contributed by atoms with van der Waals surface area (Å²) in [6.07, 6.45) is 8.97. The zero-order valence-corrected chi connectivity index (χ0v) is 29.8. The van der Waals surface area contributed by atoms with Crippen molar-refractivity contribution >= 4 is 58.0 Å². The molecule has 0 unspecified atom stereocenters. The number of piperidine rings is 2. The first-order valence-electron chi connectivity index (χ1n) is 16.5. The summed E-state index contributed by atoms with van der Waals surface area (Å²) in [5.74, 6) is -0.913. The van der Waals surface area contributed by atoms with Gasteiger partial charge in [0, 0.05) is 38.2 Å². The van der Waals surface area contributed by atoms with Crippen LogP contribution >= 0.6 is 11.3 Å². The number of anilines is 1. The van der Waals surface area contributed by atoms with Crippen molar-refractivity contribution in [2.24, 2.45) is 5.92 Å². The fourth-order valence-electron chi connectivity index (χ4n) is 6.53. The quantitative estimate of drug-likeness (QED) is 0.135. The molecule has 12 heteroatoms. The van der Waals surface area contributed by atoms with Gasteiger partial charge >= 0.3 is 11.8 Å². The minimum Gasteiger partial charge on any atom is -0.360 e. The van der Waals surface area contributed by atoms with Gasteiger partial charge in [-0.1, -0.05) is 39.6 Å². The van der Waals surface area contributed by atoms with Crippen LogP contribution < -0.4 is 5.32 Å². The molecule has 5 heterocycles. The number of ether oxygens (including phenoxy) is 1. The van der Waals surface area contributed by atoms with Gasteiger partial charge in [-0.05, 0) is 75.5 Å². The molecule has 2 aliphatic rings. The molecule has 0 bridgehead atoms. The summed E-state index contributed by atoms with van der Waals surface area (Å²) in [6, 6.07) is 7.25. The Morgan fingerprint density at radius 3 is 2.67 bits per heavy atom. The van der Waals surface area contributed by atoms with Gasteiger partial charge in [0.15, 0.2) is 0 Å². The zero-order valence-electron chi connectivity index (χ0n) is 28.0. The van der Waals surface area contributed by atoms with Crippen LogP contribution in [0.5, 0.6) is 0 Å². The smallest absolute Gasteiger partial charge is 0.314 e. The monoisotopic (exact) mass is 661 g/mol. The van der Waals surface area contributed by atoms with E-state index in [2.05, 4.69) is 79.0 Å². The molecule has 0 saturated carbocycles. The highest BCUT2D eigenvalue weighted by Crippen LogP contribution is 2.41. The maximum Gasteiger partial charge on any atom is 0.314 e. The van der Waals surface area contributed by atoms with Crippen LogP contribution in [0.1, 0.15) is 56.1 Å². The predicted octanol–water partition coefficient (Wildman–Crippen LogP) is 6.27. The third kappa shape index (κ3) is 7.04. The van der Waals surface area contributed by atoms with Crippen LogP contribution in [0.3, 0.4) is 0 Å². The molecular formula is C34H47N7O3SSi. The minimum absolute atomic E-state index is 0.0872. The lowest BCUT2D eigenvalue weighted by Gasteiger charge is -2.38. The summed E-state index contributed by atoms with van der Waals surface area (Å²) >= 11 is 1.79. The lowest BCUT2D eigenvalue weighted by atomic mass is 9.81. The number of thiazole rings is 1. The van der Waals surface area contributed by atoms with Crippen LogP contribution in [0.2, 0.25) is 25.7 Å². The van der Waals surface area contributed by atoms with E-state index in [9.17, 15) is 9.59 Å². The Hall–Kier alpha value is -3.19. The zero-order chi connectivity index (χ0) is 32.6. The molecular weight excluding hydrogens is 615 g/mol. The molecule has 1 aromatic carbocycles. The molecule has 2 atom stereocenters. The Morgan fingerprint density at radius 1 is 1.13 bits per heavy atom. The molecule has 2 fully saturated rings. The Labute approximate surface area is 276 Å². The van der Waals surface area contributed by atoms with E-state index < -0.39 is 19.9 Å². The van der Waals surface area contributed by atoms with Crippen LogP contribution in [0.15, 0.2) is 36.8 Å². The molecule has 10 nitrogen and oxygen atoms in total. The topological polar surface area (TPSA) is 105 Å². The van der Waals surface area contributed by atoms with Gasteiger partial charge in [0.2, 0.25) is 0 Å². The summed E-state index contributed by atoms with van der Waals surface area (Å²) in [5.41, 5.74) is 3.23. The van der Waals surface area contributed by atoms with E-state index in [1.807, 2.05) is 0 Å². The van der Waals surface area contributed by atoms with Crippen molar-refractivity contribution in [1.82, 2.24) is 29.5 Å². The van der Waals surface area contributed by atoms with Crippen molar-refractivity contribution < 1.29 is 14.3 Å². The highest BCUT2D eigenvalue weighted by Gasteiger charge is 2.36. The van der Waals surface area contributed by atoms with Crippen LogP contribution in [0, 0.1) is 5.92 Å². The SMILES string of the molecule is C[C@H]1CC[C@H](c2ccc3sc(C4(C)CCN(C)CC4)nc3c2)N(C(=O)C(=O)Nc2cncc3cnn(COCC[Si](C)(C)C)c23)C1. The lowest BCUT2D eigenvalue weighted by molar-refractivity contribution is -0.146. The van der Waals surface area contributed by atoms with E-state index in [1.165, 1.54) is 9.71 Å². The Kier molecular flexibility index (Phi) is 9.35. The number of nitrogens with zero attached hydrogens (tertiary/aromatic N) is 6. The highest BCUT2D eigenvalue weighted by atomic mass is 32.1. The van der Waals surface area contributed by atoms with Crippen molar-refractivity contribution in [2.45, 2.75) is 83.4 Å². The number of likely N-dealkylation sites (tertiary alicyclic amines) is 2. The number of hydrogen-bond acceptors (Lipinski definition) is 8. The lowest BCUT2D eigenvalue weighted by Crippen LogP contribution is -2.46. The molecule has 6 rings (SSSR count). The van der Waals surface area contributed by atoms with Crippen LogP contribution in [-0.4, -0.2) is 82.7 Å². The number of benzene rings is 1. The second-order valence-corrected chi connectivity index (χ2v) is 21.5. The van der Waals surface area contributed by atoms with E-state index in [0.29, 0.717) is 30.3 Å². The van der Waals surface area contributed by atoms with Gasteiger partial charge in [0.05, 0.1) is 44.9 Å². The normalized spacial score (nSPS) is 20.8. The standard InChI is InChI=1S/C34H47N7O3SSi/c1-23-7-9-28(24-8-10-29-26(17-24)38-33(45-29)34(2)11-13-39(3)14-12-34)40(21-23)32(43)31(42)37-27-20-35-18-25-19-36-41(30(25)27)22-44-15-16-46(4,5)6/h8,10,17-20,23,28H,7,9,11-16,21-22H2,1-6H3,(H,37,42)/t23-,28+/m0/s1. The number of nitrogens with one attached hydrogen (secondary N) is 1. The van der Waals surface area contributed by atoms with Crippen LogP contribution in [0.25, 0.3) is 21.1 Å². The van der Waals surface area contributed by atoms with Gasteiger partial charge in [-0.15, -0.1) is 11.3 Å². The number of carbonyl (C=O) groups is 2. The van der Waals surface area contributed by atoms with Gasteiger partial charge in [-0.2, -0.15) is 5.10 Å². The molecule has 0 spiro atoms. The van der Waals surface area contributed by atoms with E-state index in [0.717, 1.165) is 61.3 Å². The molecule has 2 amide bonds. The van der Waals surface area contributed by atoms with E-state index in [-0.39, 0.29) is 18.2 Å². The highest BCUT2D eigenvalue weighted by molar-refractivity contribution is 7.18. The molecule has 2 aliphatic heterocycles. The molecule has 0 aliphatic carbocycles. The van der Waals surface area contributed by atoms with Crippen LogP contribution in [0.4, 0.5) is 5.69 Å². The molecule has 2 saturated heterocycles. The van der Waals surface area contributed by atoms with Crippen molar-refractivity contribution in [3.63, 3.8) is 0 Å². The van der Waals surface area contributed by atoms with E-state index in [1.54, 1.807) is 39.5 Å². The Morgan fingerprint density at radius 2 is 1.91 bits per heavy atom. The van der Waals surface area contributed by atoms with Crippen molar-refractivity contribution in [1.29, 1.82) is 0 Å². The van der Waals surface area contributed by atoms with Gasteiger partial charge in [-0.3, -0.25) is 14.6 Å². The summed E-state index contributed by atoms with van der Waals surface area (Å²) in [4.78, 5) is 41.0. The number of fused-ring (bicyclic) bond motifs is 2. The number of rotatable bonds is 8. The average Bonchev–Trinajstić information content (AvgIpc) is 3.65. The van der Waals surface area contributed by atoms with Crippen molar-refractivity contribution in [3.05, 3.63) is 47.4 Å². The van der Waals surface area contributed by atoms with E-state index >= 15 is 0 Å². The number of hydrogen-bond donors (Lipinski definition) is 1. The summed E-state index contributed by atoms with van der Waals surface area (Å²) in [5, 5.41) is 9.30. The van der Waals surface area contributed by atoms with Crippen molar-refractivity contribution in [2.75, 3.05) is 38.6 Å². The number of aromatic nitrogens is 4. The molecule has 46 heavy (non-hydrogen) atoms. The Bertz CT molecular complexity index is 1720. The number of amides is 2. The summed E-state index contributed by atoms with van der Waals surface area (Å²) in [7, 11) is 0.958.